The highest BCUT2D eigenvalue weighted by atomic mass is 32.2. The van der Waals surface area contributed by atoms with Crippen LogP contribution in [0.2, 0.25) is 0 Å². The van der Waals surface area contributed by atoms with E-state index in [0.29, 0.717) is 0 Å². The summed E-state index contributed by atoms with van der Waals surface area (Å²) in [6, 6.07) is 27.3. The van der Waals surface area contributed by atoms with Crippen LogP contribution in [-0.4, -0.2) is 6.54 Å². The van der Waals surface area contributed by atoms with Gasteiger partial charge in [0.05, 0.1) is 10.7 Å². The Hall–Kier alpha value is -3.43. The van der Waals surface area contributed by atoms with Gasteiger partial charge in [-0.3, -0.25) is 0 Å². The quantitative estimate of drug-likeness (QED) is 0.344. The second-order valence-corrected chi connectivity index (χ2v) is 8.57. The first-order chi connectivity index (χ1) is 15.7. The SMILES string of the molecule is C=C(/C=C/C=C/C=C1\Sc2ccccc2N1CC)N(c1ccccc1)c1ccccc1C. The van der Waals surface area contributed by atoms with Crippen LogP contribution in [0.15, 0.2) is 131 Å². The second-order valence-electron chi connectivity index (χ2n) is 7.51. The number of rotatable bonds is 7. The molecule has 0 aliphatic carbocycles. The Balaban J connectivity index is 1.51. The number of para-hydroxylation sites is 3. The van der Waals surface area contributed by atoms with Gasteiger partial charge in [0.15, 0.2) is 0 Å². The molecule has 2 nitrogen and oxygen atoms in total. The van der Waals surface area contributed by atoms with Crippen molar-refractivity contribution in [3.63, 3.8) is 0 Å². The number of aryl methyl sites for hydroxylation is 1. The largest absolute Gasteiger partial charge is 0.335 e. The monoisotopic (exact) mass is 436 g/mol. The third-order valence-electron chi connectivity index (χ3n) is 5.36. The van der Waals surface area contributed by atoms with Crippen LogP contribution in [0.1, 0.15) is 12.5 Å². The van der Waals surface area contributed by atoms with Crippen molar-refractivity contribution >= 4 is 28.8 Å². The summed E-state index contributed by atoms with van der Waals surface area (Å²) in [5.41, 5.74) is 5.66. The lowest BCUT2D eigenvalue weighted by Gasteiger charge is -2.27. The summed E-state index contributed by atoms with van der Waals surface area (Å²) in [6.07, 6.45) is 10.5. The molecule has 1 heterocycles. The standard InChI is InChI=1S/C29H28N2S/c1-4-30-27-20-13-14-21-28(27)32-29(30)22-10-5-7-16-24(3)31(25-17-8-6-9-18-25)26-19-12-11-15-23(26)2/h5-22H,3-4H2,1-2H3/b10-5+,16-7+,29-22-. The lowest BCUT2D eigenvalue weighted by molar-refractivity contribution is 1.00. The molecule has 3 aromatic carbocycles. The molecule has 0 saturated carbocycles. The maximum atomic E-state index is 4.35. The van der Waals surface area contributed by atoms with Crippen LogP contribution in [0.25, 0.3) is 0 Å². The van der Waals surface area contributed by atoms with Crippen LogP contribution in [-0.2, 0) is 0 Å². The van der Waals surface area contributed by atoms with Crippen molar-refractivity contribution in [2.45, 2.75) is 18.7 Å². The molecule has 0 aromatic heterocycles. The van der Waals surface area contributed by atoms with Crippen molar-refractivity contribution in [3.05, 3.63) is 132 Å². The topological polar surface area (TPSA) is 6.48 Å². The molecule has 0 bridgehead atoms. The molecular formula is C29H28N2S. The third kappa shape index (κ3) is 4.74. The molecule has 0 N–H and O–H groups in total. The molecule has 0 unspecified atom stereocenters. The molecule has 0 atom stereocenters. The zero-order valence-corrected chi connectivity index (χ0v) is 19.4. The summed E-state index contributed by atoms with van der Waals surface area (Å²) < 4.78 is 0. The molecule has 32 heavy (non-hydrogen) atoms. The van der Waals surface area contributed by atoms with Gasteiger partial charge in [-0.25, -0.2) is 0 Å². The van der Waals surface area contributed by atoms with Gasteiger partial charge in [-0.1, -0.05) is 85.1 Å². The van der Waals surface area contributed by atoms with Crippen molar-refractivity contribution < 1.29 is 0 Å². The molecule has 0 saturated heterocycles. The molecule has 1 aliphatic heterocycles. The molecule has 0 amide bonds. The predicted molar refractivity (Wildman–Crippen MR) is 141 cm³/mol. The number of allylic oxidation sites excluding steroid dienone is 5. The van der Waals surface area contributed by atoms with Crippen molar-refractivity contribution in [2.24, 2.45) is 0 Å². The Morgan fingerprint density at radius 3 is 2.41 bits per heavy atom. The fourth-order valence-electron chi connectivity index (χ4n) is 3.80. The highest BCUT2D eigenvalue weighted by Crippen LogP contribution is 2.45. The average molecular weight is 437 g/mol. The molecule has 3 aromatic rings. The van der Waals surface area contributed by atoms with E-state index in [4.69, 9.17) is 0 Å². The normalized spacial score (nSPS) is 14.4. The van der Waals surface area contributed by atoms with E-state index in [-0.39, 0.29) is 0 Å². The minimum absolute atomic E-state index is 0.917. The Morgan fingerprint density at radius 2 is 1.62 bits per heavy atom. The number of fused-ring (bicyclic) bond motifs is 1. The van der Waals surface area contributed by atoms with Crippen LogP contribution in [0.4, 0.5) is 17.1 Å². The highest BCUT2D eigenvalue weighted by molar-refractivity contribution is 8.03. The Bertz CT molecular complexity index is 1170. The fourth-order valence-corrected chi connectivity index (χ4v) is 4.94. The van der Waals surface area contributed by atoms with E-state index < -0.39 is 0 Å². The summed E-state index contributed by atoms with van der Waals surface area (Å²) in [5, 5.41) is 1.25. The van der Waals surface area contributed by atoms with E-state index in [1.165, 1.54) is 21.2 Å². The van der Waals surface area contributed by atoms with E-state index >= 15 is 0 Å². The third-order valence-corrected chi connectivity index (χ3v) is 6.49. The smallest absolute Gasteiger partial charge is 0.0801 e. The summed E-state index contributed by atoms with van der Waals surface area (Å²) in [5.74, 6) is 0. The van der Waals surface area contributed by atoms with Gasteiger partial charge in [0.2, 0.25) is 0 Å². The number of thioether (sulfide) groups is 1. The molecule has 1 aliphatic rings. The van der Waals surface area contributed by atoms with E-state index in [2.05, 4.69) is 133 Å². The van der Waals surface area contributed by atoms with E-state index in [1.807, 2.05) is 17.8 Å². The highest BCUT2D eigenvalue weighted by Gasteiger charge is 2.22. The summed E-state index contributed by atoms with van der Waals surface area (Å²) in [4.78, 5) is 5.86. The zero-order chi connectivity index (χ0) is 22.3. The lowest BCUT2D eigenvalue weighted by Crippen LogP contribution is -2.16. The minimum Gasteiger partial charge on any atom is -0.335 e. The number of hydrogen-bond donors (Lipinski definition) is 0. The fraction of sp³-hybridized carbons (Fsp3) is 0.103. The van der Waals surface area contributed by atoms with Gasteiger partial charge in [0.25, 0.3) is 0 Å². The van der Waals surface area contributed by atoms with Crippen molar-refractivity contribution in [2.75, 3.05) is 16.3 Å². The van der Waals surface area contributed by atoms with Crippen molar-refractivity contribution in [1.29, 1.82) is 0 Å². The molecule has 0 spiro atoms. The Labute approximate surface area is 195 Å². The summed E-state index contributed by atoms with van der Waals surface area (Å²) in [7, 11) is 0. The minimum atomic E-state index is 0.917. The number of hydrogen-bond acceptors (Lipinski definition) is 3. The Kier molecular flexibility index (Phi) is 6.98. The molecule has 0 fully saturated rings. The first-order valence-corrected chi connectivity index (χ1v) is 11.7. The van der Waals surface area contributed by atoms with Gasteiger partial charge in [-0.05, 0) is 61.9 Å². The molecular weight excluding hydrogens is 408 g/mol. The Morgan fingerprint density at radius 1 is 0.906 bits per heavy atom. The van der Waals surface area contributed by atoms with E-state index in [1.54, 1.807) is 0 Å². The lowest BCUT2D eigenvalue weighted by atomic mass is 10.1. The van der Waals surface area contributed by atoms with E-state index in [9.17, 15) is 0 Å². The number of benzene rings is 3. The summed E-state index contributed by atoms with van der Waals surface area (Å²) in [6.45, 7) is 9.63. The molecule has 4 rings (SSSR count). The molecule has 160 valence electrons. The maximum Gasteiger partial charge on any atom is 0.0801 e. The first-order valence-electron chi connectivity index (χ1n) is 10.9. The van der Waals surface area contributed by atoms with Gasteiger partial charge in [-0.15, -0.1) is 0 Å². The predicted octanol–water partition coefficient (Wildman–Crippen LogP) is 8.23. The maximum absolute atomic E-state index is 4.35. The second kappa shape index (κ2) is 10.3. The zero-order valence-electron chi connectivity index (χ0n) is 18.6. The molecule has 0 radical (unpaired) electrons. The first kappa shape index (κ1) is 21.8. The van der Waals surface area contributed by atoms with E-state index in [0.717, 1.165) is 23.6 Å². The van der Waals surface area contributed by atoms with Crippen molar-refractivity contribution in [3.8, 4) is 0 Å². The van der Waals surface area contributed by atoms with Gasteiger partial charge < -0.3 is 9.80 Å². The van der Waals surface area contributed by atoms with Crippen LogP contribution < -0.4 is 9.80 Å². The van der Waals surface area contributed by atoms with Gasteiger partial charge >= 0.3 is 0 Å². The van der Waals surface area contributed by atoms with Gasteiger partial charge in [-0.2, -0.15) is 0 Å². The number of nitrogens with zero attached hydrogens (tertiary/aromatic N) is 2. The number of anilines is 3. The van der Waals surface area contributed by atoms with Crippen LogP contribution >= 0.6 is 11.8 Å². The van der Waals surface area contributed by atoms with Crippen LogP contribution in [0, 0.1) is 6.92 Å². The van der Waals surface area contributed by atoms with Gasteiger partial charge in [0.1, 0.15) is 0 Å². The summed E-state index contributed by atoms with van der Waals surface area (Å²) >= 11 is 1.82. The van der Waals surface area contributed by atoms with Crippen LogP contribution in [0.3, 0.4) is 0 Å². The van der Waals surface area contributed by atoms with Gasteiger partial charge in [0, 0.05) is 28.5 Å². The van der Waals surface area contributed by atoms with Crippen molar-refractivity contribution in [1.82, 2.24) is 0 Å². The average Bonchev–Trinajstić information content (AvgIpc) is 3.18. The van der Waals surface area contributed by atoms with Crippen LogP contribution in [0.5, 0.6) is 0 Å². The molecule has 3 heteroatoms.